The molecule has 1 aromatic carbocycles. The second kappa shape index (κ2) is 9.12. The van der Waals surface area contributed by atoms with Crippen molar-refractivity contribution in [3.8, 4) is 5.75 Å². The Labute approximate surface area is 179 Å². The first-order valence-electron chi connectivity index (χ1n) is 9.38. The molecule has 2 aliphatic heterocycles. The van der Waals surface area contributed by atoms with Crippen molar-refractivity contribution in [2.24, 2.45) is 0 Å². The number of imide groups is 1. The van der Waals surface area contributed by atoms with E-state index in [1.54, 1.807) is 4.90 Å². The second-order valence-electron chi connectivity index (χ2n) is 6.98. The summed E-state index contributed by atoms with van der Waals surface area (Å²) in [6.45, 7) is 0.662. The molecule has 13 heteroatoms. The van der Waals surface area contributed by atoms with Crippen LogP contribution in [0.25, 0.3) is 6.08 Å². The first-order chi connectivity index (χ1) is 14.7. The Morgan fingerprint density at radius 1 is 1.10 bits per heavy atom. The lowest BCUT2D eigenvalue weighted by atomic mass is 10.1. The molecule has 0 saturated carbocycles. The summed E-state index contributed by atoms with van der Waals surface area (Å²) in [7, 11) is 0. The van der Waals surface area contributed by atoms with Crippen molar-refractivity contribution in [1.82, 2.24) is 9.80 Å². The predicted octanol–water partition coefficient (Wildman–Crippen LogP) is 2.65. The number of carbonyl (C=O) groups excluding carboxylic acids is 3. The zero-order valence-electron chi connectivity index (χ0n) is 16.2. The lowest BCUT2D eigenvalue weighted by Gasteiger charge is -2.22. The van der Waals surface area contributed by atoms with Gasteiger partial charge in [0.2, 0.25) is 11.7 Å². The molecule has 1 aromatic rings. The van der Waals surface area contributed by atoms with Crippen LogP contribution in [-0.4, -0.2) is 61.4 Å². The summed E-state index contributed by atoms with van der Waals surface area (Å²) in [5.74, 6) is -2.05. The molecule has 1 N–H and O–H groups in total. The molecule has 3 rings (SSSR count). The largest absolute Gasteiger partial charge is 0.502 e. The standard InChI is InChI=1S/C18H18N4O8S/c23-15(19-5-3-1-2-4-6-19)10-20-17(25)14(31-18(20)26)8-11-7-12(21(27)28)9-13(16(11)24)22(29)30/h7-9,24H,1-6,10H2. The minimum atomic E-state index is -0.995. The molecule has 0 unspecified atom stereocenters. The summed E-state index contributed by atoms with van der Waals surface area (Å²) < 4.78 is 0. The zero-order valence-corrected chi connectivity index (χ0v) is 17.0. The van der Waals surface area contributed by atoms with Crippen molar-refractivity contribution in [3.63, 3.8) is 0 Å². The zero-order chi connectivity index (χ0) is 22.7. The van der Waals surface area contributed by atoms with Crippen LogP contribution in [0, 0.1) is 20.2 Å². The van der Waals surface area contributed by atoms with Gasteiger partial charge in [-0.2, -0.15) is 0 Å². The van der Waals surface area contributed by atoms with Gasteiger partial charge in [0.1, 0.15) is 6.54 Å². The highest BCUT2D eigenvalue weighted by Crippen LogP contribution is 2.39. The number of rotatable bonds is 5. The first kappa shape index (κ1) is 22.2. The number of amides is 3. The minimum Gasteiger partial charge on any atom is -0.502 e. The number of nitrogens with zero attached hydrogens (tertiary/aromatic N) is 4. The van der Waals surface area contributed by atoms with Gasteiger partial charge in [0, 0.05) is 24.7 Å². The number of likely N-dealkylation sites (tertiary alicyclic amines) is 1. The smallest absolute Gasteiger partial charge is 0.318 e. The molecule has 31 heavy (non-hydrogen) atoms. The van der Waals surface area contributed by atoms with Gasteiger partial charge >= 0.3 is 5.69 Å². The van der Waals surface area contributed by atoms with Crippen LogP contribution in [0.3, 0.4) is 0 Å². The molecule has 12 nitrogen and oxygen atoms in total. The monoisotopic (exact) mass is 450 g/mol. The van der Waals surface area contributed by atoms with E-state index < -0.39 is 44.7 Å². The Kier molecular flexibility index (Phi) is 6.53. The lowest BCUT2D eigenvalue weighted by molar-refractivity contribution is -0.394. The van der Waals surface area contributed by atoms with Gasteiger partial charge in [-0.05, 0) is 30.7 Å². The topological polar surface area (TPSA) is 164 Å². The molecule has 0 bridgehead atoms. The van der Waals surface area contributed by atoms with Crippen molar-refractivity contribution in [2.75, 3.05) is 19.6 Å². The second-order valence-corrected chi connectivity index (χ2v) is 7.97. The number of aromatic hydroxyl groups is 1. The fraction of sp³-hybridized carbons (Fsp3) is 0.389. The number of phenolic OH excluding ortho intramolecular Hbond substituents is 1. The maximum Gasteiger partial charge on any atom is 0.318 e. The highest BCUT2D eigenvalue weighted by atomic mass is 32.2. The number of thioether (sulfide) groups is 1. The molecule has 3 amide bonds. The van der Waals surface area contributed by atoms with Crippen LogP contribution in [-0.2, 0) is 9.59 Å². The average Bonchev–Trinajstić information content (AvgIpc) is 2.91. The van der Waals surface area contributed by atoms with Gasteiger partial charge in [-0.25, -0.2) is 0 Å². The number of nitro groups is 2. The summed E-state index contributed by atoms with van der Waals surface area (Å²) in [6, 6.07) is 1.46. The number of carbonyl (C=O) groups is 3. The summed E-state index contributed by atoms with van der Waals surface area (Å²) in [5, 5.41) is 31.5. The van der Waals surface area contributed by atoms with Gasteiger partial charge in [-0.15, -0.1) is 0 Å². The number of phenols is 1. The summed E-state index contributed by atoms with van der Waals surface area (Å²) >= 11 is 0.484. The van der Waals surface area contributed by atoms with Crippen LogP contribution in [0.5, 0.6) is 5.75 Å². The van der Waals surface area contributed by atoms with Gasteiger partial charge in [0.25, 0.3) is 16.8 Å². The van der Waals surface area contributed by atoms with E-state index in [-0.39, 0.29) is 16.4 Å². The summed E-state index contributed by atoms with van der Waals surface area (Å²) in [6.07, 6.45) is 4.67. The van der Waals surface area contributed by atoms with Crippen LogP contribution in [0.1, 0.15) is 31.2 Å². The summed E-state index contributed by atoms with van der Waals surface area (Å²) in [5.41, 5.74) is -1.92. The molecule has 0 aromatic heterocycles. The van der Waals surface area contributed by atoms with Crippen molar-refractivity contribution >= 4 is 46.3 Å². The van der Waals surface area contributed by atoms with E-state index in [1.807, 2.05) is 0 Å². The van der Waals surface area contributed by atoms with Crippen molar-refractivity contribution in [3.05, 3.63) is 42.8 Å². The third kappa shape index (κ3) is 4.82. The van der Waals surface area contributed by atoms with Gasteiger partial charge in [0.05, 0.1) is 20.8 Å². The van der Waals surface area contributed by atoms with Crippen LogP contribution in [0.15, 0.2) is 17.0 Å². The van der Waals surface area contributed by atoms with E-state index in [0.29, 0.717) is 30.9 Å². The minimum absolute atomic E-state index is 0.209. The molecular weight excluding hydrogens is 432 g/mol. The Balaban J connectivity index is 1.85. The Morgan fingerprint density at radius 3 is 2.32 bits per heavy atom. The van der Waals surface area contributed by atoms with Gasteiger partial charge < -0.3 is 10.0 Å². The van der Waals surface area contributed by atoms with Crippen molar-refractivity contribution in [2.45, 2.75) is 25.7 Å². The third-order valence-corrected chi connectivity index (χ3v) is 5.83. The molecule has 0 radical (unpaired) electrons. The number of benzene rings is 1. The van der Waals surface area contributed by atoms with E-state index in [9.17, 15) is 39.7 Å². The number of nitro benzene ring substituents is 2. The normalized spacial score (nSPS) is 18.4. The van der Waals surface area contributed by atoms with Crippen LogP contribution in [0.2, 0.25) is 0 Å². The SMILES string of the molecule is O=C(CN1C(=O)SC(=Cc2cc([N+](=O)[O-])cc([N+](=O)[O-])c2O)C1=O)N1CCCCCC1. The van der Waals surface area contributed by atoms with Crippen molar-refractivity contribution in [1.29, 1.82) is 0 Å². The first-order valence-corrected chi connectivity index (χ1v) is 10.2. The molecule has 0 atom stereocenters. The van der Waals surface area contributed by atoms with Gasteiger partial charge in [0.15, 0.2) is 0 Å². The Bertz CT molecular complexity index is 1000. The van der Waals surface area contributed by atoms with E-state index in [2.05, 4.69) is 0 Å². The molecule has 2 saturated heterocycles. The van der Waals surface area contributed by atoms with Gasteiger partial charge in [-0.3, -0.25) is 39.5 Å². The van der Waals surface area contributed by atoms with Crippen LogP contribution >= 0.6 is 11.8 Å². The molecular formula is C18H18N4O8S. The van der Waals surface area contributed by atoms with Gasteiger partial charge in [-0.1, -0.05) is 12.8 Å². The number of hydrogen-bond acceptors (Lipinski definition) is 9. The van der Waals surface area contributed by atoms with E-state index in [1.165, 1.54) is 0 Å². The third-order valence-electron chi connectivity index (χ3n) is 4.92. The molecule has 2 fully saturated rings. The number of hydrogen-bond donors (Lipinski definition) is 1. The fourth-order valence-corrected chi connectivity index (χ4v) is 4.14. The molecule has 164 valence electrons. The molecule has 2 aliphatic rings. The van der Waals surface area contributed by atoms with E-state index in [0.717, 1.165) is 42.7 Å². The summed E-state index contributed by atoms with van der Waals surface area (Å²) in [4.78, 5) is 59.9. The highest BCUT2D eigenvalue weighted by Gasteiger charge is 2.37. The maximum atomic E-state index is 12.7. The van der Waals surface area contributed by atoms with Crippen LogP contribution < -0.4 is 0 Å². The Hall–Kier alpha value is -3.48. The van der Waals surface area contributed by atoms with E-state index in [4.69, 9.17) is 0 Å². The van der Waals surface area contributed by atoms with Crippen molar-refractivity contribution < 1.29 is 29.3 Å². The Morgan fingerprint density at radius 2 is 1.74 bits per heavy atom. The highest BCUT2D eigenvalue weighted by molar-refractivity contribution is 8.18. The average molecular weight is 450 g/mol. The molecule has 0 aliphatic carbocycles. The lowest BCUT2D eigenvalue weighted by Crippen LogP contribution is -2.42. The molecule has 0 spiro atoms. The van der Waals surface area contributed by atoms with E-state index >= 15 is 0 Å². The predicted molar refractivity (Wildman–Crippen MR) is 109 cm³/mol. The molecule has 2 heterocycles. The quantitative estimate of drug-likeness (QED) is 0.403. The maximum absolute atomic E-state index is 12.7. The van der Waals surface area contributed by atoms with Crippen LogP contribution in [0.4, 0.5) is 16.2 Å². The fourth-order valence-electron chi connectivity index (χ4n) is 3.31. The number of non-ortho nitro benzene ring substituents is 1.